The average Bonchev–Trinajstić information content (AvgIpc) is 2.42. The highest BCUT2D eigenvalue weighted by molar-refractivity contribution is 9.09. The molecule has 0 spiro atoms. The molecule has 1 heterocycles. The average molecular weight is 326 g/mol. The summed E-state index contributed by atoms with van der Waals surface area (Å²) in [6.45, 7) is 3.48. The maximum atomic E-state index is 12.2. The largest absolute Gasteiger partial charge is 0.381 e. The van der Waals surface area contributed by atoms with Crippen LogP contribution in [-0.2, 0) is 16.0 Å². The van der Waals surface area contributed by atoms with Gasteiger partial charge >= 0.3 is 0 Å². The van der Waals surface area contributed by atoms with Gasteiger partial charge in [-0.05, 0) is 30.9 Å². The molecule has 19 heavy (non-hydrogen) atoms. The summed E-state index contributed by atoms with van der Waals surface area (Å²) < 4.78 is 5.37. The third-order valence-corrected chi connectivity index (χ3v) is 4.80. The molecule has 4 heteroatoms. The Morgan fingerprint density at radius 3 is 2.68 bits per heavy atom. The molecule has 1 aromatic rings. The number of nitrogens with one attached hydrogen (secondary N) is 1. The minimum Gasteiger partial charge on any atom is -0.381 e. The molecule has 2 rings (SSSR count). The van der Waals surface area contributed by atoms with Crippen LogP contribution >= 0.6 is 15.9 Å². The number of hydrogen-bond acceptors (Lipinski definition) is 2. The smallest absolute Gasteiger partial charge is 0.224 e. The number of alkyl halides is 1. The summed E-state index contributed by atoms with van der Waals surface area (Å²) in [6.07, 6.45) is 2.19. The van der Waals surface area contributed by atoms with Gasteiger partial charge in [-0.2, -0.15) is 0 Å². The van der Waals surface area contributed by atoms with E-state index in [-0.39, 0.29) is 11.4 Å². The molecule has 1 aromatic carbocycles. The minimum absolute atomic E-state index is 0.0932. The van der Waals surface area contributed by atoms with Gasteiger partial charge < -0.3 is 10.1 Å². The molecule has 1 saturated heterocycles. The lowest BCUT2D eigenvalue weighted by atomic mass is 9.92. The fourth-order valence-corrected chi connectivity index (χ4v) is 3.08. The van der Waals surface area contributed by atoms with Crippen molar-refractivity contribution < 1.29 is 9.53 Å². The van der Waals surface area contributed by atoms with Crippen molar-refractivity contribution in [1.82, 2.24) is 5.32 Å². The third kappa shape index (κ3) is 3.80. The molecule has 3 nitrogen and oxygen atoms in total. The molecule has 0 radical (unpaired) electrons. The Morgan fingerprint density at radius 1 is 1.37 bits per heavy atom. The van der Waals surface area contributed by atoms with Gasteiger partial charge in [-0.1, -0.05) is 40.2 Å². The number of benzene rings is 1. The maximum Gasteiger partial charge on any atom is 0.224 e. The van der Waals surface area contributed by atoms with Crippen molar-refractivity contribution in [2.24, 2.45) is 0 Å². The van der Waals surface area contributed by atoms with E-state index in [1.165, 1.54) is 0 Å². The maximum absolute atomic E-state index is 12.2. The van der Waals surface area contributed by atoms with Crippen LogP contribution in [0.15, 0.2) is 24.3 Å². The zero-order chi connectivity index (χ0) is 13.7. The molecule has 104 valence electrons. The van der Waals surface area contributed by atoms with E-state index in [1.54, 1.807) is 0 Å². The Balaban J connectivity index is 1.98. The van der Waals surface area contributed by atoms with Crippen molar-refractivity contribution in [3.63, 3.8) is 0 Å². The van der Waals surface area contributed by atoms with Crippen LogP contribution in [0.5, 0.6) is 0 Å². The van der Waals surface area contributed by atoms with Gasteiger partial charge in [0.05, 0.1) is 12.0 Å². The first-order valence-electron chi connectivity index (χ1n) is 6.64. The molecular weight excluding hydrogens is 306 g/mol. The first kappa shape index (κ1) is 14.5. The van der Waals surface area contributed by atoms with Gasteiger partial charge in [-0.25, -0.2) is 0 Å². The lowest BCUT2D eigenvalue weighted by molar-refractivity contribution is -0.123. The van der Waals surface area contributed by atoms with Crippen LogP contribution in [0.25, 0.3) is 0 Å². The van der Waals surface area contributed by atoms with Gasteiger partial charge in [-0.15, -0.1) is 0 Å². The van der Waals surface area contributed by atoms with Crippen LogP contribution in [0.4, 0.5) is 0 Å². The summed E-state index contributed by atoms with van der Waals surface area (Å²) in [5.41, 5.74) is 2.12. The zero-order valence-corrected chi connectivity index (χ0v) is 12.8. The molecule has 0 saturated carbocycles. The van der Waals surface area contributed by atoms with Crippen molar-refractivity contribution in [2.45, 2.75) is 31.7 Å². The number of hydrogen-bond donors (Lipinski definition) is 1. The Labute approximate surface area is 122 Å². The first-order chi connectivity index (χ1) is 9.15. The standard InChI is InChI=1S/C15H20BrNO2/c1-12-4-2-3-5-13(12)10-14(18)17-15(11-16)6-8-19-9-7-15/h2-5H,6-11H2,1H3,(H,17,18). The summed E-state index contributed by atoms with van der Waals surface area (Å²) >= 11 is 3.53. The lowest BCUT2D eigenvalue weighted by Gasteiger charge is -2.36. The summed E-state index contributed by atoms with van der Waals surface area (Å²) in [6, 6.07) is 8.02. The van der Waals surface area contributed by atoms with E-state index < -0.39 is 0 Å². The van der Waals surface area contributed by atoms with E-state index in [0.29, 0.717) is 6.42 Å². The van der Waals surface area contributed by atoms with Crippen LogP contribution < -0.4 is 5.32 Å². The van der Waals surface area contributed by atoms with E-state index in [4.69, 9.17) is 4.74 Å². The SMILES string of the molecule is Cc1ccccc1CC(=O)NC1(CBr)CCOCC1. The number of carbonyl (C=O) groups is 1. The zero-order valence-electron chi connectivity index (χ0n) is 11.2. The summed E-state index contributed by atoms with van der Waals surface area (Å²) in [5.74, 6) is 0.0932. The molecule has 0 unspecified atom stereocenters. The van der Waals surface area contributed by atoms with Crippen LogP contribution in [0, 0.1) is 6.92 Å². The molecule has 1 aliphatic heterocycles. The second kappa shape index (κ2) is 6.53. The summed E-state index contributed by atoms with van der Waals surface area (Å²) in [4.78, 5) is 12.2. The van der Waals surface area contributed by atoms with Crippen LogP contribution in [0.1, 0.15) is 24.0 Å². The van der Waals surface area contributed by atoms with Gasteiger partial charge in [0.2, 0.25) is 5.91 Å². The normalized spacial score (nSPS) is 18.0. The van der Waals surface area contributed by atoms with Crippen LogP contribution in [0.2, 0.25) is 0 Å². The highest BCUT2D eigenvalue weighted by atomic mass is 79.9. The number of amides is 1. The fourth-order valence-electron chi connectivity index (χ4n) is 2.38. The Kier molecular flexibility index (Phi) is 4.99. The van der Waals surface area contributed by atoms with Gasteiger partial charge in [0.1, 0.15) is 0 Å². The van der Waals surface area contributed by atoms with Crippen LogP contribution in [-0.4, -0.2) is 30.0 Å². The van der Waals surface area contributed by atoms with Gasteiger partial charge in [0, 0.05) is 18.5 Å². The molecule has 0 bridgehead atoms. The summed E-state index contributed by atoms with van der Waals surface area (Å²) in [5, 5.41) is 3.97. The van der Waals surface area contributed by atoms with Gasteiger partial charge in [0.25, 0.3) is 0 Å². The molecular formula is C15H20BrNO2. The number of halogens is 1. The minimum atomic E-state index is -0.141. The van der Waals surface area contributed by atoms with Crippen LogP contribution in [0.3, 0.4) is 0 Å². The van der Waals surface area contributed by atoms with E-state index in [1.807, 2.05) is 31.2 Å². The Morgan fingerprint density at radius 2 is 2.05 bits per heavy atom. The molecule has 0 atom stereocenters. The Hall–Kier alpha value is -0.870. The van der Waals surface area contributed by atoms with E-state index in [0.717, 1.165) is 42.5 Å². The summed E-state index contributed by atoms with van der Waals surface area (Å²) in [7, 11) is 0. The molecule has 1 fully saturated rings. The number of aryl methyl sites for hydroxylation is 1. The predicted octanol–water partition coefficient (Wildman–Crippen LogP) is 2.60. The predicted molar refractivity (Wildman–Crippen MR) is 79.6 cm³/mol. The Bertz CT molecular complexity index is 442. The van der Waals surface area contributed by atoms with E-state index in [2.05, 4.69) is 21.2 Å². The van der Waals surface area contributed by atoms with Crippen molar-refractivity contribution in [3.8, 4) is 0 Å². The van der Waals surface area contributed by atoms with Crippen molar-refractivity contribution in [1.29, 1.82) is 0 Å². The number of ether oxygens (including phenoxy) is 1. The third-order valence-electron chi connectivity index (χ3n) is 3.72. The molecule has 1 N–H and O–H groups in total. The molecule has 1 amide bonds. The highest BCUT2D eigenvalue weighted by Gasteiger charge is 2.32. The molecule has 1 aliphatic rings. The van der Waals surface area contributed by atoms with Gasteiger partial charge in [-0.3, -0.25) is 4.79 Å². The topological polar surface area (TPSA) is 38.3 Å². The quantitative estimate of drug-likeness (QED) is 0.864. The second-order valence-corrected chi connectivity index (χ2v) is 5.74. The number of carbonyl (C=O) groups excluding carboxylic acids is 1. The second-order valence-electron chi connectivity index (χ2n) is 5.18. The first-order valence-corrected chi connectivity index (χ1v) is 7.77. The lowest BCUT2D eigenvalue weighted by Crippen LogP contribution is -2.53. The van der Waals surface area contributed by atoms with Gasteiger partial charge in [0.15, 0.2) is 0 Å². The molecule has 0 aliphatic carbocycles. The van der Waals surface area contributed by atoms with Crippen molar-refractivity contribution in [2.75, 3.05) is 18.5 Å². The number of rotatable bonds is 4. The molecule has 0 aromatic heterocycles. The van der Waals surface area contributed by atoms with E-state index in [9.17, 15) is 4.79 Å². The fraction of sp³-hybridized carbons (Fsp3) is 0.533. The highest BCUT2D eigenvalue weighted by Crippen LogP contribution is 2.23. The van der Waals surface area contributed by atoms with E-state index >= 15 is 0 Å². The van der Waals surface area contributed by atoms with Crippen molar-refractivity contribution >= 4 is 21.8 Å². The monoisotopic (exact) mass is 325 g/mol. The van der Waals surface area contributed by atoms with Crippen molar-refractivity contribution in [3.05, 3.63) is 35.4 Å².